The van der Waals surface area contributed by atoms with Crippen molar-refractivity contribution in [2.45, 2.75) is 12.7 Å². The Morgan fingerprint density at radius 1 is 1.17 bits per heavy atom. The second-order valence-corrected chi connectivity index (χ2v) is 4.17. The summed E-state index contributed by atoms with van der Waals surface area (Å²) in [6, 6.07) is 13.4. The van der Waals surface area contributed by atoms with Crippen molar-refractivity contribution in [1.29, 1.82) is 0 Å². The third-order valence-corrected chi connectivity index (χ3v) is 2.79. The van der Waals surface area contributed by atoms with Crippen LogP contribution in [0.25, 0.3) is 0 Å². The minimum absolute atomic E-state index is 0.136. The van der Waals surface area contributed by atoms with Gasteiger partial charge in [-0.2, -0.15) is 0 Å². The Morgan fingerprint density at radius 3 is 2.56 bits per heavy atom. The van der Waals surface area contributed by atoms with E-state index in [9.17, 15) is 5.11 Å². The predicted octanol–water partition coefficient (Wildman–Crippen LogP) is 2.93. The Kier molecular flexibility index (Phi) is 4.56. The normalized spacial score (nSPS) is 12.1. The van der Waals surface area contributed by atoms with Crippen LogP contribution >= 0.6 is 11.6 Å². The van der Waals surface area contributed by atoms with E-state index in [0.29, 0.717) is 18.1 Å². The second-order valence-electron chi connectivity index (χ2n) is 3.86. The fourth-order valence-electron chi connectivity index (χ4n) is 1.49. The number of aliphatic hydroxyl groups excluding tert-OH is 1. The van der Waals surface area contributed by atoms with Gasteiger partial charge in [0.1, 0.15) is 18.5 Å². The first kappa shape index (κ1) is 12.9. The van der Waals surface area contributed by atoms with Crippen molar-refractivity contribution in [3.8, 4) is 5.75 Å². The van der Waals surface area contributed by atoms with Crippen LogP contribution in [0, 0.1) is 0 Å². The number of alkyl halides is 1. The molecular formula is C14H14ClNO2. The van der Waals surface area contributed by atoms with Crippen LogP contribution in [0.1, 0.15) is 17.4 Å². The van der Waals surface area contributed by atoms with Gasteiger partial charge in [0.2, 0.25) is 0 Å². The molecule has 0 unspecified atom stereocenters. The third kappa shape index (κ3) is 3.45. The van der Waals surface area contributed by atoms with Gasteiger partial charge in [-0.3, -0.25) is 4.98 Å². The van der Waals surface area contributed by atoms with E-state index < -0.39 is 6.10 Å². The standard InChI is InChI=1S/C14H14ClNO2/c15-8-14(17)13-7-6-12(9-16-13)18-10-11-4-2-1-3-5-11/h1-7,9,14,17H,8,10H2/t14-/m0/s1. The van der Waals surface area contributed by atoms with Crippen LogP contribution in [0.3, 0.4) is 0 Å². The molecule has 1 N–H and O–H groups in total. The zero-order chi connectivity index (χ0) is 12.8. The number of pyridine rings is 1. The van der Waals surface area contributed by atoms with E-state index in [0.717, 1.165) is 5.56 Å². The minimum Gasteiger partial charge on any atom is -0.487 e. The van der Waals surface area contributed by atoms with E-state index >= 15 is 0 Å². The summed E-state index contributed by atoms with van der Waals surface area (Å²) in [4.78, 5) is 4.10. The van der Waals surface area contributed by atoms with Gasteiger partial charge in [-0.1, -0.05) is 30.3 Å². The van der Waals surface area contributed by atoms with Crippen LogP contribution in [-0.2, 0) is 6.61 Å². The molecule has 0 fully saturated rings. The summed E-state index contributed by atoms with van der Waals surface area (Å²) in [6.07, 6.45) is 0.864. The highest BCUT2D eigenvalue weighted by molar-refractivity contribution is 6.18. The number of halogens is 1. The Morgan fingerprint density at radius 2 is 1.94 bits per heavy atom. The molecule has 0 spiro atoms. The van der Waals surface area contributed by atoms with Crippen molar-refractivity contribution in [2.75, 3.05) is 5.88 Å². The molecular weight excluding hydrogens is 250 g/mol. The SMILES string of the molecule is O[C@@H](CCl)c1ccc(OCc2ccccc2)cn1. The van der Waals surface area contributed by atoms with Gasteiger partial charge in [-0.15, -0.1) is 11.6 Å². The second kappa shape index (κ2) is 6.38. The van der Waals surface area contributed by atoms with E-state index in [4.69, 9.17) is 16.3 Å². The fourth-order valence-corrected chi connectivity index (χ4v) is 1.65. The van der Waals surface area contributed by atoms with E-state index in [-0.39, 0.29) is 5.88 Å². The summed E-state index contributed by atoms with van der Waals surface area (Å²) in [5.41, 5.74) is 1.65. The smallest absolute Gasteiger partial charge is 0.138 e. The van der Waals surface area contributed by atoms with Crippen molar-refractivity contribution >= 4 is 11.6 Å². The highest BCUT2D eigenvalue weighted by atomic mass is 35.5. The number of nitrogens with zero attached hydrogens (tertiary/aromatic N) is 1. The van der Waals surface area contributed by atoms with E-state index in [1.165, 1.54) is 0 Å². The van der Waals surface area contributed by atoms with Crippen LogP contribution < -0.4 is 4.74 Å². The third-order valence-electron chi connectivity index (χ3n) is 2.50. The summed E-state index contributed by atoms with van der Waals surface area (Å²) in [7, 11) is 0. The fraction of sp³-hybridized carbons (Fsp3) is 0.214. The molecule has 0 aliphatic rings. The predicted molar refractivity (Wildman–Crippen MR) is 70.7 cm³/mol. The zero-order valence-corrected chi connectivity index (χ0v) is 10.5. The molecule has 1 aromatic heterocycles. The molecule has 2 rings (SSSR count). The zero-order valence-electron chi connectivity index (χ0n) is 9.79. The van der Waals surface area contributed by atoms with E-state index in [1.54, 1.807) is 18.3 Å². The Labute approximate surface area is 111 Å². The first-order chi connectivity index (χ1) is 8.79. The Bertz CT molecular complexity index is 473. The number of ether oxygens (including phenoxy) is 1. The lowest BCUT2D eigenvalue weighted by atomic mass is 10.2. The molecule has 18 heavy (non-hydrogen) atoms. The topological polar surface area (TPSA) is 42.4 Å². The summed E-state index contributed by atoms with van der Waals surface area (Å²) < 4.78 is 5.58. The van der Waals surface area contributed by atoms with Gasteiger partial charge in [-0.05, 0) is 17.7 Å². The summed E-state index contributed by atoms with van der Waals surface area (Å²) in [5, 5.41) is 9.49. The molecule has 4 heteroatoms. The van der Waals surface area contributed by atoms with Gasteiger partial charge >= 0.3 is 0 Å². The maximum atomic E-state index is 9.49. The molecule has 0 saturated heterocycles. The van der Waals surface area contributed by atoms with Crippen LogP contribution in [0.2, 0.25) is 0 Å². The van der Waals surface area contributed by atoms with Gasteiger partial charge in [0.15, 0.2) is 0 Å². The lowest BCUT2D eigenvalue weighted by molar-refractivity contribution is 0.197. The molecule has 1 heterocycles. The molecule has 0 aliphatic carbocycles. The Balaban J connectivity index is 1.94. The maximum Gasteiger partial charge on any atom is 0.138 e. The minimum atomic E-state index is -0.727. The average molecular weight is 264 g/mol. The molecule has 0 amide bonds. The van der Waals surface area contributed by atoms with Gasteiger partial charge < -0.3 is 9.84 Å². The summed E-state index contributed by atoms with van der Waals surface area (Å²) in [5.74, 6) is 0.807. The van der Waals surface area contributed by atoms with Crippen molar-refractivity contribution < 1.29 is 9.84 Å². The first-order valence-electron chi connectivity index (χ1n) is 5.66. The number of rotatable bonds is 5. The monoisotopic (exact) mass is 263 g/mol. The molecule has 3 nitrogen and oxygen atoms in total. The van der Waals surface area contributed by atoms with Gasteiger partial charge in [0, 0.05) is 0 Å². The Hall–Kier alpha value is -1.58. The summed E-state index contributed by atoms with van der Waals surface area (Å²) in [6.45, 7) is 0.500. The highest BCUT2D eigenvalue weighted by Crippen LogP contribution is 2.16. The molecule has 1 aromatic carbocycles. The van der Waals surface area contributed by atoms with Gasteiger partial charge in [-0.25, -0.2) is 0 Å². The molecule has 0 aliphatic heterocycles. The molecule has 0 radical (unpaired) electrons. The van der Waals surface area contributed by atoms with Crippen molar-refractivity contribution in [2.24, 2.45) is 0 Å². The molecule has 2 aromatic rings. The first-order valence-corrected chi connectivity index (χ1v) is 6.20. The van der Waals surface area contributed by atoms with Crippen molar-refractivity contribution in [3.05, 3.63) is 59.9 Å². The van der Waals surface area contributed by atoms with Crippen LogP contribution in [0.5, 0.6) is 5.75 Å². The lowest BCUT2D eigenvalue weighted by Gasteiger charge is -2.08. The number of aromatic nitrogens is 1. The maximum absolute atomic E-state index is 9.49. The molecule has 0 bridgehead atoms. The van der Waals surface area contributed by atoms with Crippen molar-refractivity contribution in [3.63, 3.8) is 0 Å². The number of aliphatic hydroxyl groups is 1. The molecule has 1 atom stereocenters. The highest BCUT2D eigenvalue weighted by Gasteiger charge is 2.07. The average Bonchev–Trinajstić information content (AvgIpc) is 2.46. The van der Waals surface area contributed by atoms with Crippen LogP contribution in [0.15, 0.2) is 48.7 Å². The van der Waals surface area contributed by atoms with Crippen LogP contribution in [-0.4, -0.2) is 16.0 Å². The largest absolute Gasteiger partial charge is 0.487 e. The number of hydrogen-bond acceptors (Lipinski definition) is 3. The van der Waals surface area contributed by atoms with E-state index in [2.05, 4.69) is 4.98 Å². The van der Waals surface area contributed by atoms with Crippen LogP contribution in [0.4, 0.5) is 0 Å². The van der Waals surface area contributed by atoms with Crippen molar-refractivity contribution in [1.82, 2.24) is 4.98 Å². The van der Waals surface area contributed by atoms with E-state index in [1.807, 2.05) is 30.3 Å². The molecule has 94 valence electrons. The quantitative estimate of drug-likeness (QED) is 0.844. The summed E-state index contributed by atoms with van der Waals surface area (Å²) >= 11 is 5.55. The molecule has 0 saturated carbocycles. The van der Waals surface area contributed by atoms with Gasteiger partial charge in [0.05, 0.1) is 17.8 Å². The lowest BCUT2D eigenvalue weighted by Crippen LogP contribution is -2.02. The number of benzene rings is 1. The number of hydrogen-bond donors (Lipinski definition) is 1. The van der Waals surface area contributed by atoms with Gasteiger partial charge in [0.25, 0.3) is 0 Å².